The lowest BCUT2D eigenvalue weighted by Crippen LogP contribution is -2.49. The molecule has 5 rings (SSSR count). The predicted molar refractivity (Wildman–Crippen MR) is 131 cm³/mol. The van der Waals surface area contributed by atoms with Crippen molar-refractivity contribution >= 4 is 11.9 Å². The van der Waals surface area contributed by atoms with Crippen LogP contribution in [0.25, 0.3) is 11.1 Å². The van der Waals surface area contributed by atoms with Crippen molar-refractivity contribution in [3.05, 3.63) is 78.1 Å². The SMILES string of the molecule is CN1CCN(C(=O)c2cccc(-c3cnc(N4CCCCC4)nc3)c2)[C@@H](c2ccccc2)C1. The molecule has 0 spiro atoms. The van der Waals surface area contributed by atoms with Crippen LogP contribution in [0.2, 0.25) is 0 Å². The van der Waals surface area contributed by atoms with E-state index in [0.29, 0.717) is 12.1 Å². The first-order valence-corrected chi connectivity index (χ1v) is 11.9. The minimum Gasteiger partial charge on any atom is -0.341 e. The lowest BCUT2D eigenvalue weighted by Gasteiger charge is -2.40. The van der Waals surface area contributed by atoms with E-state index >= 15 is 0 Å². The van der Waals surface area contributed by atoms with Crippen LogP contribution in [-0.2, 0) is 0 Å². The van der Waals surface area contributed by atoms with Gasteiger partial charge in [-0.3, -0.25) is 4.79 Å². The number of amides is 1. The zero-order chi connectivity index (χ0) is 22.6. The average Bonchev–Trinajstić information content (AvgIpc) is 2.89. The molecule has 2 aromatic carbocycles. The Morgan fingerprint density at radius 3 is 2.36 bits per heavy atom. The van der Waals surface area contributed by atoms with Gasteiger partial charge in [0.05, 0.1) is 6.04 Å². The van der Waals surface area contributed by atoms with Crippen molar-refractivity contribution in [2.75, 3.05) is 44.7 Å². The van der Waals surface area contributed by atoms with E-state index in [1.54, 1.807) is 0 Å². The van der Waals surface area contributed by atoms with Gasteiger partial charge in [0.15, 0.2) is 0 Å². The number of aromatic nitrogens is 2. The summed E-state index contributed by atoms with van der Waals surface area (Å²) in [5, 5.41) is 0. The van der Waals surface area contributed by atoms with Crippen molar-refractivity contribution in [3.63, 3.8) is 0 Å². The number of hydrogen-bond donors (Lipinski definition) is 0. The second-order valence-electron chi connectivity index (χ2n) is 9.09. The normalized spacial score (nSPS) is 19.5. The van der Waals surface area contributed by atoms with Crippen LogP contribution in [0.3, 0.4) is 0 Å². The van der Waals surface area contributed by atoms with Gasteiger partial charge in [-0.25, -0.2) is 9.97 Å². The average molecular weight is 442 g/mol. The van der Waals surface area contributed by atoms with Crippen LogP contribution >= 0.6 is 0 Å². The third-order valence-corrected chi connectivity index (χ3v) is 6.75. The molecule has 33 heavy (non-hydrogen) atoms. The molecule has 170 valence electrons. The molecule has 6 heteroatoms. The summed E-state index contributed by atoms with van der Waals surface area (Å²) in [6.45, 7) is 4.47. The van der Waals surface area contributed by atoms with Gasteiger partial charge in [-0.05, 0) is 49.6 Å². The topological polar surface area (TPSA) is 52.6 Å². The third kappa shape index (κ3) is 4.76. The smallest absolute Gasteiger partial charge is 0.254 e. The number of hydrogen-bond acceptors (Lipinski definition) is 5. The molecule has 0 bridgehead atoms. The Balaban J connectivity index is 1.37. The molecule has 0 saturated carbocycles. The molecule has 3 heterocycles. The minimum absolute atomic E-state index is 0.0493. The highest BCUT2D eigenvalue weighted by Crippen LogP contribution is 2.28. The van der Waals surface area contributed by atoms with Gasteiger partial charge >= 0.3 is 0 Å². The Hall–Kier alpha value is -3.25. The third-order valence-electron chi connectivity index (χ3n) is 6.75. The van der Waals surface area contributed by atoms with E-state index in [4.69, 9.17) is 0 Å². The quantitative estimate of drug-likeness (QED) is 0.605. The second-order valence-corrected chi connectivity index (χ2v) is 9.09. The summed E-state index contributed by atoms with van der Waals surface area (Å²) in [5.74, 6) is 0.874. The van der Waals surface area contributed by atoms with Crippen LogP contribution in [0.5, 0.6) is 0 Å². The molecule has 2 aliphatic heterocycles. The number of nitrogens with zero attached hydrogens (tertiary/aromatic N) is 5. The molecule has 1 amide bonds. The van der Waals surface area contributed by atoms with Crippen LogP contribution in [0.1, 0.15) is 41.2 Å². The Labute approximate surface area is 195 Å². The molecule has 3 aromatic rings. The first-order chi connectivity index (χ1) is 16.2. The van der Waals surface area contributed by atoms with Crippen molar-refractivity contribution in [3.8, 4) is 11.1 Å². The summed E-state index contributed by atoms with van der Waals surface area (Å²) in [5.41, 5.74) is 3.79. The predicted octanol–water partition coefficient (Wildman–Crippen LogP) is 4.26. The summed E-state index contributed by atoms with van der Waals surface area (Å²) in [4.78, 5) is 29.4. The summed E-state index contributed by atoms with van der Waals surface area (Å²) in [7, 11) is 2.12. The number of carbonyl (C=O) groups excluding carboxylic acids is 1. The van der Waals surface area contributed by atoms with Gasteiger partial charge in [-0.2, -0.15) is 0 Å². The Morgan fingerprint density at radius 1 is 0.848 bits per heavy atom. The maximum Gasteiger partial charge on any atom is 0.254 e. The largest absolute Gasteiger partial charge is 0.341 e. The van der Waals surface area contributed by atoms with Gasteiger partial charge in [0.25, 0.3) is 5.91 Å². The fraction of sp³-hybridized carbons (Fsp3) is 0.370. The number of benzene rings is 2. The standard InChI is InChI=1S/C27H31N5O/c1-30-15-16-32(25(20-30)21-9-4-2-5-10-21)26(33)23-12-8-11-22(17-23)24-18-28-27(29-19-24)31-13-6-3-7-14-31/h2,4-5,8-12,17-19,25H,3,6-7,13-16,20H2,1H3/t25-/m1/s1. The van der Waals surface area contributed by atoms with Crippen molar-refractivity contribution < 1.29 is 4.79 Å². The highest BCUT2D eigenvalue weighted by molar-refractivity contribution is 5.95. The zero-order valence-electron chi connectivity index (χ0n) is 19.2. The lowest BCUT2D eigenvalue weighted by molar-refractivity contribution is 0.0498. The first kappa shape index (κ1) is 21.6. The molecular weight excluding hydrogens is 410 g/mol. The van der Waals surface area contributed by atoms with Crippen LogP contribution in [0.15, 0.2) is 67.0 Å². The molecule has 2 saturated heterocycles. The van der Waals surface area contributed by atoms with Gasteiger partial charge in [-0.1, -0.05) is 42.5 Å². The minimum atomic E-state index is 0.0493. The van der Waals surface area contributed by atoms with Gasteiger partial charge in [0.2, 0.25) is 5.95 Å². The zero-order valence-corrected chi connectivity index (χ0v) is 19.2. The number of piperazine rings is 1. The van der Waals surface area contributed by atoms with Gasteiger partial charge in [-0.15, -0.1) is 0 Å². The molecule has 2 aliphatic rings. The van der Waals surface area contributed by atoms with E-state index < -0.39 is 0 Å². The van der Waals surface area contributed by atoms with Crippen LogP contribution < -0.4 is 4.90 Å². The Bertz CT molecular complexity index is 1080. The highest BCUT2D eigenvalue weighted by Gasteiger charge is 2.30. The molecular formula is C27H31N5O. The van der Waals surface area contributed by atoms with E-state index in [1.165, 1.54) is 24.8 Å². The molecule has 0 radical (unpaired) electrons. The molecule has 0 N–H and O–H groups in total. The fourth-order valence-corrected chi connectivity index (χ4v) is 4.85. The number of likely N-dealkylation sites (N-methyl/N-ethyl adjacent to an activating group) is 1. The lowest BCUT2D eigenvalue weighted by atomic mass is 10.00. The number of piperidine rings is 1. The maximum absolute atomic E-state index is 13.6. The van der Waals surface area contributed by atoms with Crippen LogP contribution in [-0.4, -0.2) is 65.4 Å². The summed E-state index contributed by atoms with van der Waals surface area (Å²) in [6, 6.07) is 18.2. The molecule has 0 unspecified atom stereocenters. The summed E-state index contributed by atoms with van der Waals surface area (Å²) in [6.07, 6.45) is 7.44. The van der Waals surface area contributed by atoms with Gasteiger partial charge in [0.1, 0.15) is 0 Å². The van der Waals surface area contributed by atoms with Crippen LogP contribution in [0.4, 0.5) is 5.95 Å². The first-order valence-electron chi connectivity index (χ1n) is 11.9. The number of carbonyl (C=O) groups is 1. The van der Waals surface area contributed by atoms with E-state index in [0.717, 1.165) is 43.3 Å². The Kier molecular flexibility index (Phi) is 6.35. The van der Waals surface area contributed by atoms with E-state index in [9.17, 15) is 4.79 Å². The highest BCUT2D eigenvalue weighted by atomic mass is 16.2. The van der Waals surface area contributed by atoms with Gasteiger partial charge < -0.3 is 14.7 Å². The fourth-order valence-electron chi connectivity index (χ4n) is 4.85. The molecule has 1 aromatic heterocycles. The van der Waals surface area contributed by atoms with Crippen LogP contribution in [0, 0.1) is 0 Å². The van der Waals surface area contributed by atoms with E-state index in [2.05, 4.69) is 38.9 Å². The monoisotopic (exact) mass is 441 g/mol. The molecule has 1 atom stereocenters. The summed E-state index contributed by atoms with van der Waals surface area (Å²) < 4.78 is 0. The molecule has 2 fully saturated rings. The van der Waals surface area contributed by atoms with Crippen molar-refractivity contribution in [1.82, 2.24) is 19.8 Å². The number of rotatable bonds is 4. The second kappa shape index (κ2) is 9.71. The maximum atomic E-state index is 13.6. The molecule has 0 aliphatic carbocycles. The van der Waals surface area contributed by atoms with Gasteiger partial charge in [0, 0.05) is 56.2 Å². The number of anilines is 1. The summed E-state index contributed by atoms with van der Waals surface area (Å²) >= 11 is 0. The Morgan fingerprint density at radius 2 is 1.61 bits per heavy atom. The van der Waals surface area contributed by atoms with Crippen molar-refractivity contribution in [2.24, 2.45) is 0 Å². The van der Waals surface area contributed by atoms with E-state index in [1.807, 2.05) is 59.8 Å². The van der Waals surface area contributed by atoms with E-state index in [-0.39, 0.29) is 11.9 Å². The molecule has 6 nitrogen and oxygen atoms in total. The van der Waals surface area contributed by atoms with Crippen molar-refractivity contribution in [1.29, 1.82) is 0 Å². The van der Waals surface area contributed by atoms with Crippen molar-refractivity contribution in [2.45, 2.75) is 25.3 Å².